The van der Waals surface area contributed by atoms with E-state index in [9.17, 15) is 5.11 Å². The van der Waals surface area contributed by atoms with Crippen LogP contribution in [0.4, 0.5) is 0 Å². The van der Waals surface area contributed by atoms with Crippen molar-refractivity contribution in [1.82, 2.24) is 0 Å². The molecule has 1 aromatic carbocycles. The minimum absolute atomic E-state index is 0.268. The van der Waals surface area contributed by atoms with Crippen LogP contribution in [-0.4, -0.2) is 18.3 Å². The Morgan fingerprint density at radius 2 is 1.87 bits per heavy atom. The molecule has 84 valence electrons. The van der Waals surface area contributed by atoms with Gasteiger partial charge in [-0.2, -0.15) is 0 Å². The molecule has 0 spiro atoms. The number of ether oxygens (including phenoxy) is 1. The number of aliphatic hydroxyl groups excluding tert-OH is 1. The topological polar surface area (TPSA) is 29.5 Å². The molecule has 1 N–H and O–H groups in total. The summed E-state index contributed by atoms with van der Waals surface area (Å²) < 4.78 is 5.24. The van der Waals surface area contributed by atoms with Crippen LogP contribution in [0.2, 0.25) is 10.0 Å². The summed E-state index contributed by atoms with van der Waals surface area (Å²) in [5.41, 5.74) is 0.684. The number of hydrogen-bond acceptors (Lipinski definition) is 2. The fourth-order valence-electron chi connectivity index (χ4n) is 1.20. The highest BCUT2D eigenvalue weighted by Crippen LogP contribution is 2.23. The molecule has 1 rings (SSSR count). The molecule has 0 radical (unpaired) electrons. The zero-order valence-electron chi connectivity index (χ0n) is 8.54. The van der Waals surface area contributed by atoms with Crippen LogP contribution in [0.15, 0.2) is 18.2 Å². The van der Waals surface area contributed by atoms with Gasteiger partial charge in [0.25, 0.3) is 0 Å². The molecule has 1 unspecified atom stereocenters. The molecule has 0 aliphatic rings. The average molecular weight is 249 g/mol. The maximum Gasteiger partial charge on any atom is 0.102 e. The monoisotopic (exact) mass is 248 g/mol. The summed E-state index contributed by atoms with van der Waals surface area (Å²) in [5.74, 6) is 0. The van der Waals surface area contributed by atoms with E-state index in [0.717, 1.165) is 6.42 Å². The van der Waals surface area contributed by atoms with Gasteiger partial charge in [-0.3, -0.25) is 0 Å². The second-order valence-electron chi connectivity index (χ2n) is 3.29. The predicted octanol–water partition coefficient (Wildman–Crippen LogP) is 3.45. The van der Waals surface area contributed by atoms with Crippen LogP contribution in [0.1, 0.15) is 25.0 Å². The molecular formula is C11H14Cl2O2. The number of hydrogen-bond donors (Lipinski definition) is 1. The quantitative estimate of drug-likeness (QED) is 0.810. The molecule has 0 bridgehead atoms. The standard InChI is InChI=1S/C11H14Cl2O2/c1-2-3-15-7-11(14)8-4-9(12)6-10(13)5-8/h4-6,11,14H,2-3,7H2,1H3. The molecule has 0 fully saturated rings. The third-order valence-electron chi connectivity index (χ3n) is 1.89. The van der Waals surface area contributed by atoms with Gasteiger partial charge in [0, 0.05) is 16.7 Å². The van der Waals surface area contributed by atoms with Crippen LogP contribution >= 0.6 is 23.2 Å². The minimum atomic E-state index is -0.673. The zero-order chi connectivity index (χ0) is 11.3. The Balaban J connectivity index is 2.60. The van der Waals surface area contributed by atoms with E-state index >= 15 is 0 Å². The minimum Gasteiger partial charge on any atom is -0.386 e. The third-order valence-corrected chi connectivity index (χ3v) is 2.33. The van der Waals surface area contributed by atoms with Crippen LogP contribution in [0.25, 0.3) is 0 Å². The Labute approximate surface area is 99.8 Å². The first kappa shape index (κ1) is 12.8. The molecular weight excluding hydrogens is 235 g/mol. The average Bonchev–Trinajstić information content (AvgIpc) is 2.16. The van der Waals surface area contributed by atoms with Gasteiger partial charge in [0.1, 0.15) is 6.10 Å². The van der Waals surface area contributed by atoms with E-state index in [-0.39, 0.29) is 6.61 Å². The summed E-state index contributed by atoms with van der Waals surface area (Å²) in [4.78, 5) is 0. The van der Waals surface area contributed by atoms with E-state index in [1.807, 2.05) is 6.92 Å². The number of rotatable bonds is 5. The van der Waals surface area contributed by atoms with E-state index < -0.39 is 6.10 Å². The summed E-state index contributed by atoms with van der Waals surface area (Å²) in [6, 6.07) is 5.01. The van der Waals surface area contributed by atoms with Crippen molar-refractivity contribution in [3.63, 3.8) is 0 Å². The molecule has 1 atom stereocenters. The molecule has 0 saturated carbocycles. The Bertz CT molecular complexity index is 295. The molecule has 0 heterocycles. The lowest BCUT2D eigenvalue weighted by Crippen LogP contribution is -2.07. The molecule has 0 saturated heterocycles. The normalized spacial score (nSPS) is 12.8. The Hall–Kier alpha value is -0.280. The van der Waals surface area contributed by atoms with Gasteiger partial charge in [0.05, 0.1) is 6.61 Å². The Kier molecular flexibility index (Phi) is 5.40. The lowest BCUT2D eigenvalue weighted by Gasteiger charge is -2.11. The van der Waals surface area contributed by atoms with Crippen molar-refractivity contribution >= 4 is 23.2 Å². The number of halogens is 2. The van der Waals surface area contributed by atoms with Gasteiger partial charge in [-0.05, 0) is 30.2 Å². The van der Waals surface area contributed by atoms with Gasteiger partial charge < -0.3 is 9.84 Å². The van der Waals surface area contributed by atoms with Crippen LogP contribution in [0.5, 0.6) is 0 Å². The highest BCUT2D eigenvalue weighted by atomic mass is 35.5. The number of benzene rings is 1. The molecule has 1 aromatic rings. The highest BCUT2D eigenvalue weighted by Gasteiger charge is 2.09. The Morgan fingerprint density at radius 1 is 1.27 bits per heavy atom. The van der Waals surface area contributed by atoms with Gasteiger partial charge in [-0.25, -0.2) is 0 Å². The first-order valence-corrected chi connectivity index (χ1v) is 5.61. The maximum absolute atomic E-state index is 9.75. The first-order chi connectivity index (χ1) is 7.13. The van der Waals surface area contributed by atoms with Crippen molar-refractivity contribution in [3.8, 4) is 0 Å². The largest absolute Gasteiger partial charge is 0.386 e. The van der Waals surface area contributed by atoms with E-state index in [0.29, 0.717) is 22.2 Å². The third kappa shape index (κ3) is 4.39. The van der Waals surface area contributed by atoms with Gasteiger partial charge in [0.15, 0.2) is 0 Å². The van der Waals surface area contributed by atoms with Gasteiger partial charge in [0.2, 0.25) is 0 Å². The van der Waals surface area contributed by atoms with Crippen molar-refractivity contribution in [2.24, 2.45) is 0 Å². The van der Waals surface area contributed by atoms with Crippen molar-refractivity contribution < 1.29 is 9.84 Å². The smallest absolute Gasteiger partial charge is 0.102 e. The summed E-state index contributed by atoms with van der Waals surface area (Å²) in [6.07, 6.45) is 0.260. The van der Waals surface area contributed by atoms with Crippen LogP contribution in [0, 0.1) is 0 Å². The molecule has 0 aromatic heterocycles. The van der Waals surface area contributed by atoms with Gasteiger partial charge >= 0.3 is 0 Å². The molecule has 0 amide bonds. The maximum atomic E-state index is 9.75. The lowest BCUT2D eigenvalue weighted by molar-refractivity contribution is 0.0364. The van der Waals surface area contributed by atoms with Crippen molar-refractivity contribution in [2.75, 3.05) is 13.2 Å². The van der Waals surface area contributed by atoms with E-state index in [1.54, 1.807) is 18.2 Å². The van der Waals surface area contributed by atoms with Crippen molar-refractivity contribution in [1.29, 1.82) is 0 Å². The predicted molar refractivity (Wildman–Crippen MR) is 62.5 cm³/mol. The summed E-state index contributed by atoms with van der Waals surface area (Å²) in [5, 5.41) is 10.8. The van der Waals surface area contributed by atoms with Crippen LogP contribution in [0.3, 0.4) is 0 Å². The molecule has 0 aliphatic heterocycles. The van der Waals surface area contributed by atoms with Crippen molar-refractivity contribution in [3.05, 3.63) is 33.8 Å². The molecule has 15 heavy (non-hydrogen) atoms. The second-order valence-corrected chi connectivity index (χ2v) is 4.17. The number of aliphatic hydroxyl groups is 1. The van der Waals surface area contributed by atoms with Crippen molar-refractivity contribution in [2.45, 2.75) is 19.4 Å². The van der Waals surface area contributed by atoms with E-state index in [1.165, 1.54) is 0 Å². The van der Waals surface area contributed by atoms with Gasteiger partial charge in [-0.1, -0.05) is 30.1 Å². The van der Waals surface area contributed by atoms with Gasteiger partial charge in [-0.15, -0.1) is 0 Å². The summed E-state index contributed by atoms with van der Waals surface area (Å²) >= 11 is 11.6. The molecule has 4 heteroatoms. The summed E-state index contributed by atoms with van der Waals surface area (Å²) in [6.45, 7) is 2.93. The highest BCUT2D eigenvalue weighted by molar-refractivity contribution is 6.34. The van der Waals surface area contributed by atoms with Crippen LogP contribution < -0.4 is 0 Å². The summed E-state index contributed by atoms with van der Waals surface area (Å²) in [7, 11) is 0. The molecule has 0 aliphatic carbocycles. The Morgan fingerprint density at radius 3 is 2.40 bits per heavy atom. The first-order valence-electron chi connectivity index (χ1n) is 4.85. The second kappa shape index (κ2) is 6.33. The van der Waals surface area contributed by atoms with Crippen LogP contribution in [-0.2, 0) is 4.74 Å². The van der Waals surface area contributed by atoms with E-state index in [4.69, 9.17) is 27.9 Å². The zero-order valence-corrected chi connectivity index (χ0v) is 10.1. The lowest BCUT2D eigenvalue weighted by atomic mass is 10.1. The molecule has 2 nitrogen and oxygen atoms in total. The fraction of sp³-hybridized carbons (Fsp3) is 0.455. The van der Waals surface area contributed by atoms with E-state index in [2.05, 4.69) is 0 Å². The fourth-order valence-corrected chi connectivity index (χ4v) is 1.75. The SMILES string of the molecule is CCCOCC(O)c1cc(Cl)cc(Cl)c1.